The summed E-state index contributed by atoms with van der Waals surface area (Å²) >= 11 is 0. The molecule has 0 bridgehead atoms. The number of aliphatic imine (C=N–C) groups is 1. The summed E-state index contributed by atoms with van der Waals surface area (Å²) in [6.45, 7) is 12.2. The number of guanidine groups is 1. The smallest absolute Gasteiger partial charge is 0.190 e. The maximum Gasteiger partial charge on any atom is 0.190 e. The molecule has 1 aliphatic rings. The van der Waals surface area contributed by atoms with Crippen molar-refractivity contribution in [1.82, 2.24) is 20.4 Å². The van der Waals surface area contributed by atoms with Gasteiger partial charge in [0, 0.05) is 52.0 Å². The molecule has 28 heavy (non-hydrogen) atoms. The summed E-state index contributed by atoms with van der Waals surface area (Å²) in [5.74, 6) is 0.915. The molecule has 158 valence electrons. The van der Waals surface area contributed by atoms with Crippen LogP contribution in [0.3, 0.4) is 0 Å². The van der Waals surface area contributed by atoms with Gasteiger partial charge in [0.25, 0.3) is 0 Å². The molecule has 1 aromatic rings. The summed E-state index contributed by atoms with van der Waals surface area (Å²) in [5.41, 5.74) is 1.30. The van der Waals surface area contributed by atoms with Gasteiger partial charge in [-0.2, -0.15) is 0 Å². The van der Waals surface area contributed by atoms with Gasteiger partial charge in [0.05, 0.1) is 0 Å². The summed E-state index contributed by atoms with van der Waals surface area (Å²) < 4.78 is 0. The van der Waals surface area contributed by atoms with Gasteiger partial charge in [0.15, 0.2) is 5.96 Å². The van der Waals surface area contributed by atoms with Gasteiger partial charge in [-0.05, 0) is 65.0 Å². The quantitative estimate of drug-likeness (QED) is 0.365. The van der Waals surface area contributed by atoms with Crippen molar-refractivity contribution in [3.8, 4) is 0 Å². The van der Waals surface area contributed by atoms with Gasteiger partial charge in [-0.15, -0.1) is 0 Å². The van der Waals surface area contributed by atoms with E-state index in [4.69, 9.17) is 0 Å². The van der Waals surface area contributed by atoms with Gasteiger partial charge in [-0.25, -0.2) is 0 Å². The molecule has 0 aliphatic carbocycles. The third-order valence-electron chi connectivity index (χ3n) is 5.38. The maximum absolute atomic E-state index is 4.35. The van der Waals surface area contributed by atoms with Crippen molar-refractivity contribution in [3.63, 3.8) is 0 Å². The normalized spacial score (nSPS) is 16.6. The van der Waals surface area contributed by atoms with Gasteiger partial charge in [0.2, 0.25) is 0 Å². The van der Waals surface area contributed by atoms with E-state index in [0.717, 1.165) is 45.0 Å². The average Bonchev–Trinajstić information content (AvgIpc) is 2.94. The number of anilines is 1. The van der Waals surface area contributed by atoms with Crippen molar-refractivity contribution in [2.45, 2.75) is 26.2 Å². The predicted octanol–water partition coefficient (Wildman–Crippen LogP) is 2.10. The second-order valence-electron chi connectivity index (χ2n) is 7.55. The molecule has 0 radical (unpaired) electrons. The Bertz CT molecular complexity index is 547. The standard InChI is InChI=1S/C22H40N6/c1-4-28(21-11-6-5-7-12-21)18-9-14-25-22(23-2)24-13-8-16-27-17-10-15-26(3)19-20-27/h5-7,11-12H,4,8-10,13-20H2,1-3H3,(H2,23,24,25). The lowest BCUT2D eigenvalue weighted by Crippen LogP contribution is -2.40. The third-order valence-corrected chi connectivity index (χ3v) is 5.38. The highest BCUT2D eigenvalue weighted by atomic mass is 15.2. The monoisotopic (exact) mass is 388 g/mol. The summed E-state index contributed by atoms with van der Waals surface area (Å²) in [6.07, 6.45) is 3.53. The second-order valence-corrected chi connectivity index (χ2v) is 7.55. The van der Waals surface area contributed by atoms with Crippen LogP contribution in [0.4, 0.5) is 5.69 Å². The number of benzene rings is 1. The van der Waals surface area contributed by atoms with E-state index in [2.05, 4.69) is 74.6 Å². The molecule has 2 rings (SSSR count). The molecule has 1 heterocycles. The highest BCUT2D eigenvalue weighted by Gasteiger charge is 2.11. The van der Waals surface area contributed by atoms with Crippen molar-refractivity contribution < 1.29 is 0 Å². The first-order valence-corrected chi connectivity index (χ1v) is 10.9. The molecule has 1 aromatic carbocycles. The highest BCUT2D eigenvalue weighted by molar-refractivity contribution is 5.79. The van der Waals surface area contributed by atoms with Crippen LogP contribution in [0.25, 0.3) is 0 Å². The number of para-hydroxylation sites is 1. The fraction of sp³-hybridized carbons (Fsp3) is 0.682. The van der Waals surface area contributed by atoms with E-state index >= 15 is 0 Å². The Morgan fingerprint density at radius 3 is 2.50 bits per heavy atom. The first kappa shape index (κ1) is 22.5. The Morgan fingerprint density at radius 2 is 1.79 bits per heavy atom. The molecule has 2 N–H and O–H groups in total. The van der Waals surface area contributed by atoms with Crippen LogP contribution in [0.2, 0.25) is 0 Å². The molecule has 0 spiro atoms. The molecule has 0 amide bonds. The molecule has 1 fully saturated rings. The zero-order valence-corrected chi connectivity index (χ0v) is 18.2. The number of hydrogen-bond acceptors (Lipinski definition) is 4. The van der Waals surface area contributed by atoms with Gasteiger partial charge in [0.1, 0.15) is 0 Å². The van der Waals surface area contributed by atoms with Crippen molar-refractivity contribution >= 4 is 11.6 Å². The average molecular weight is 389 g/mol. The summed E-state index contributed by atoms with van der Waals surface area (Å²) in [7, 11) is 4.07. The van der Waals surface area contributed by atoms with Gasteiger partial charge < -0.3 is 25.3 Å². The number of nitrogens with zero attached hydrogens (tertiary/aromatic N) is 4. The Balaban J connectivity index is 1.57. The van der Waals surface area contributed by atoms with Crippen LogP contribution < -0.4 is 15.5 Å². The minimum Gasteiger partial charge on any atom is -0.372 e. The van der Waals surface area contributed by atoms with Gasteiger partial charge >= 0.3 is 0 Å². The first-order chi connectivity index (χ1) is 13.7. The van der Waals surface area contributed by atoms with E-state index in [0.29, 0.717) is 0 Å². The van der Waals surface area contributed by atoms with Crippen LogP contribution in [0.15, 0.2) is 35.3 Å². The lowest BCUT2D eigenvalue weighted by atomic mass is 10.2. The molecule has 1 aliphatic heterocycles. The number of likely N-dealkylation sites (N-methyl/N-ethyl adjacent to an activating group) is 1. The summed E-state index contributed by atoms with van der Waals surface area (Å²) in [6, 6.07) is 10.6. The van der Waals surface area contributed by atoms with Crippen molar-refractivity contribution in [2.75, 3.05) is 77.9 Å². The fourth-order valence-electron chi connectivity index (χ4n) is 3.64. The first-order valence-electron chi connectivity index (χ1n) is 10.9. The predicted molar refractivity (Wildman–Crippen MR) is 121 cm³/mol. The molecule has 6 nitrogen and oxygen atoms in total. The fourth-order valence-corrected chi connectivity index (χ4v) is 3.64. The lowest BCUT2D eigenvalue weighted by Gasteiger charge is -2.23. The minimum absolute atomic E-state index is 0.915. The Morgan fingerprint density at radius 1 is 1.04 bits per heavy atom. The van der Waals surface area contributed by atoms with Crippen LogP contribution in [0, 0.1) is 0 Å². The van der Waals surface area contributed by atoms with Crippen LogP contribution in [0.5, 0.6) is 0 Å². The molecular weight excluding hydrogens is 348 g/mol. The minimum atomic E-state index is 0.915. The molecule has 0 aromatic heterocycles. The maximum atomic E-state index is 4.35. The van der Waals surface area contributed by atoms with Crippen LogP contribution in [0.1, 0.15) is 26.2 Å². The van der Waals surface area contributed by atoms with E-state index < -0.39 is 0 Å². The van der Waals surface area contributed by atoms with Crippen molar-refractivity contribution in [3.05, 3.63) is 30.3 Å². The zero-order chi connectivity index (χ0) is 20.0. The van der Waals surface area contributed by atoms with E-state index in [1.54, 1.807) is 0 Å². The number of nitrogens with one attached hydrogen (secondary N) is 2. The second kappa shape index (κ2) is 13.4. The van der Waals surface area contributed by atoms with E-state index in [1.165, 1.54) is 44.8 Å². The lowest BCUT2D eigenvalue weighted by molar-refractivity contribution is 0.274. The number of hydrogen-bond donors (Lipinski definition) is 2. The van der Waals surface area contributed by atoms with E-state index in [1.807, 2.05) is 7.05 Å². The van der Waals surface area contributed by atoms with Crippen molar-refractivity contribution in [2.24, 2.45) is 4.99 Å². The zero-order valence-electron chi connectivity index (χ0n) is 18.2. The topological polar surface area (TPSA) is 46.1 Å². The third kappa shape index (κ3) is 8.48. The summed E-state index contributed by atoms with van der Waals surface area (Å²) in [5, 5.41) is 6.90. The van der Waals surface area contributed by atoms with Crippen LogP contribution in [-0.4, -0.2) is 88.8 Å². The summed E-state index contributed by atoms with van der Waals surface area (Å²) in [4.78, 5) is 11.8. The largest absolute Gasteiger partial charge is 0.372 e. The SMILES string of the molecule is CCN(CCCNC(=NC)NCCCN1CCCN(C)CC1)c1ccccc1. The Hall–Kier alpha value is -1.79. The Labute approximate surface area is 172 Å². The molecule has 6 heteroatoms. The van der Waals surface area contributed by atoms with Gasteiger partial charge in [-0.3, -0.25) is 4.99 Å². The molecule has 0 saturated carbocycles. The van der Waals surface area contributed by atoms with E-state index in [-0.39, 0.29) is 0 Å². The molecule has 1 saturated heterocycles. The van der Waals surface area contributed by atoms with Gasteiger partial charge in [-0.1, -0.05) is 18.2 Å². The Kier molecular flexibility index (Phi) is 10.8. The molecular formula is C22H40N6. The molecule has 0 unspecified atom stereocenters. The van der Waals surface area contributed by atoms with Crippen molar-refractivity contribution in [1.29, 1.82) is 0 Å². The highest BCUT2D eigenvalue weighted by Crippen LogP contribution is 2.12. The van der Waals surface area contributed by atoms with E-state index in [9.17, 15) is 0 Å². The van der Waals surface area contributed by atoms with Crippen LogP contribution in [-0.2, 0) is 0 Å². The van der Waals surface area contributed by atoms with Crippen LogP contribution >= 0.6 is 0 Å². The number of rotatable bonds is 10. The molecule has 0 atom stereocenters.